The SMILES string of the molecule is c1ccc(-c2ccc(C3c4ccccc4-c4cc(-c5cccc(-c6cc7c8ccccc8n(-c8ccccc8)c7c7c8ccccc8n(-c8ccccc8)c67)c5)ccc43)cc2)cc1. The van der Waals surface area contributed by atoms with Crippen molar-refractivity contribution in [3.63, 3.8) is 0 Å². The first kappa shape index (κ1) is 35.5. The van der Waals surface area contributed by atoms with E-state index < -0.39 is 0 Å². The number of hydrogen-bond donors (Lipinski definition) is 0. The molecule has 2 nitrogen and oxygen atoms in total. The van der Waals surface area contributed by atoms with E-state index in [9.17, 15) is 0 Å². The molecule has 0 radical (unpaired) electrons. The zero-order valence-electron chi connectivity index (χ0n) is 34.5. The van der Waals surface area contributed by atoms with Gasteiger partial charge in [0.15, 0.2) is 0 Å². The fourth-order valence-electron chi connectivity index (χ4n) is 10.6. The summed E-state index contributed by atoms with van der Waals surface area (Å²) in [6.45, 7) is 0. The second-order valence-corrected chi connectivity index (χ2v) is 16.8. The summed E-state index contributed by atoms with van der Waals surface area (Å²) in [5, 5.41) is 4.98. The molecule has 1 aliphatic carbocycles. The number of aromatic nitrogens is 2. The van der Waals surface area contributed by atoms with Crippen molar-refractivity contribution < 1.29 is 0 Å². The first-order valence-corrected chi connectivity index (χ1v) is 21.9. The number of fused-ring (bicyclic) bond motifs is 10. The smallest absolute Gasteiger partial charge is 0.0641 e. The summed E-state index contributed by atoms with van der Waals surface area (Å²) < 4.78 is 4.96. The maximum atomic E-state index is 2.48. The van der Waals surface area contributed by atoms with Gasteiger partial charge in [0.25, 0.3) is 0 Å². The van der Waals surface area contributed by atoms with E-state index in [1.807, 2.05) is 0 Å². The first-order chi connectivity index (χ1) is 31.3. The standard InChI is InChI=1S/C61H40N2/c1-4-17-40(18-5-1)41-31-33-42(34-32-41)58-50-27-11-10-25-48(50)54-38-44(35-36-51(54)58)43-19-16-20-45(37-43)53-39-55-49-26-12-14-29-56(49)62(46-21-6-2-7-22-46)61(55)59-52-28-13-15-30-57(52)63(60(53)59)47-23-8-3-9-24-47/h1-39,58H. The summed E-state index contributed by atoms with van der Waals surface area (Å²) in [4.78, 5) is 0. The van der Waals surface area contributed by atoms with Crippen LogP contribution in [0.5, 0.6) is 0 Å². The van der Waals surface area contributed by atoms with Crippen LogP contribution in [0.2, 0.25) is 0 Å². The second kappa shape index (κ2) is 14.2. The Kier molecular flexibility index (Phi) is 8.01. The largest absolute Gasteiger partial charge is 0.309 e. The number of nitrogens with zero attached hydrogens (tertiary/aromatic N) is 2. The van der Waals surface area contributed by atoms with Gasteiger partial charge in [-0.2, -0.15) is 0 Å². The van der Waals surface area contributed by atoms with Gasteiger partial charge in [0.2, 0.25) is 0 Å². The van der Waals surface area contributed by atoms with Crippen molar-refractivity contribution in [3.05, 3.63) is 253 Å². The lowest BCUT2D eigenvalue weighted by atomic mass is 9.88. The van der Waals surface area contributed by atoms with E-state index in [0.717, 1.165) is 11.4 Å². The number of hydrogen-bond acceptors (Lipinski definition) is 0. The van der Waals surface area contributed by atoms with Gasteiger partial charge in [-0.1, -0.05) is 182 Å². The number of benzene rings is 10. The average Bonchev–Trinajstić information content (AvgIpc) is 4.00. The Hall–Kier alpha value is -8.20. The quantitative estimate of drug-likeness (QED) is 0.159. The molecule has 2 heterocycles. The van der Waals surface area contributed by atoms with Crippen molar-refractivity contribution in [2.24, 2.45) is 0 Å². The Labute approximate surface area is 366 Å². The molecule has 0 amide bonds. The Morgan fingerprint density at radius 3 is 1.56 bits per heavy atom. The summed E-state index contributed by atoms with van der Waals surface area (Å²) >= 11 is 0. The fraction of sp³-hybridized carbons (Fsp3) is 0.0164. The molecule has 1 aliphatic rings. The normalized spacial score (nSPS) is 13.2. The maximum Gasteiger partial charge on any atom is 0.0641 e. The number of rotatable bonds is 6. The van der Waals surface area contributed by atoms with E-state index in [4.69, 9.17) is 0 Å². The molecule has 2 heteroatoms. The van der Waals surface area contributed by atoms with Crippen molar-refractivity contribution in [3.8, 4) is 55.9 Å². The highest BCUT2D eigenvalue weighted by Gasteiger charge is 2.30. The van der Waals surface area contributed by atoms with Crippen molar-refractivity contribution in [2.45, 2.75) is 5.92 Å². The predicted octanol–water partition coefficient (Wildman–Crippen LogP) is 16.0. The molecule has 0 saturated carbocycles. The zero-order chi connectivity index (χ0) is 41.4. The summed E-state index contributed by atoms with van der Waals surface area (Å²) in [6, 6.07) is 87.1. The van der Waals surface area contributed by atoms with Crippen LogP contribution in [0.1, 0.15) is 22.6 Å². The molecule has 12 aromatic rings. The van der Waals surface area contributed by atoms with E-state index in [1.54, 1.807) is 0 Å². The molecule has 0 spiro atoms. The minimum Gasteiger partial charge on any atom is -0.309 e. The zero-order valence-corrected chi connectivity index (χ0v) is 34.5. The van der Waals surface area contributed by atoms with Gasteiger partial charge in [-0.15, -0.1) is 0 Å². The Bertz CT molecular complexity index is 3710. The molecular weight excluding hydrogens is 761 g/mol. The highest BCUT2D eigenvalue weighted by Crippen LogP contribution is 2.50. The van der Waals surface area contributed by atoms with Crippen LogP contribution in [0.4, 0.5) is 0 Å². The van der Waals surface area contributed by atoms with E-state index in [0.29, 0.717) is 0 Å². The van der Waals surface area contributed by atoms with Gasteiger partial charge >= 0.3 is 0 Å². The predicted molar refractivity (Wildman–Crippen MR) is 264 cm³/mol. The van der Waals surface area contributed by atoms with Gasteiger partial charge in [-0.05, 0) is 110 Å². The Morgan fingerprint density at radius 1 is 0.286 bits per heavy atom. The van der Waals surface area contributed by atoms with Gasteiger partial charge in [0.1, 0.15) is 0 Å². The third-order valence-corrected chi connectivity index (χ3v) is 13.4. The van der Waals surface area contributed by atoms with Crippen LogP contribution in [0, 0.1) is 0 Å². The van der Waals surface area contributed by atoms with E-state index in [1.165, 1.54) is 105 Å². The third-order valence-electron chi connectivity index (χ3n) is 13.4. The molecule has 1 atom stereocenters. The molecular formula is C61H40N2. The molecule has 0 bridgehead atoms. The minimum atomic E-state index is 0.180. The molecule has 0 fully saturated rings. The van der Waals surface area contributed by atoms with Gasteiger partial charge in [-0.3, -0.25) is 0 Å². The van der Waals surface area contributed by atoms with Crippen LogP contribution < -0.4 is 0 Å². The van der Waals surface area contributed by atoms with Gasteiger partial charge < -0.3 is 9.13 Å². The van der Waals surface area contributed by atoms with E-state index in [2.05, 4.69) is 246 Å². The summed E-state index contributed by atoms with van der Waals surface area (Å²) in [5.41, 5.74) is 21.1. The Balaban J connectivity index is 1.02. The maximum absolute atomic E-state index is 2.48. The Morgan fingerprint density at radius 2 is 0.810 bits per heavy atom. The number of para-hydroxylation sites is 4. The lowest BCUT2D eigenvalue weighted by Gasteiger charge is -2.16. The second-order valence-electron chi connectivity index (χ2n) is 16.8. The highest BCUT2D eigenvalue weighted by molar-refractivity contribution is 6.29. The first-order valence-electron chi connectivity index (χ1n) is 21.9. The molecule has 63 heavy (non-hydrogen) atoms. The molecule has 2 aromatic heterocycles. The van der Waals surface area contributed by atoms with E-state index >= 15 is 0 Å². The average molecular weight is 801 g/mol. The van der Waals surface area contributed by atoms with Crippen LogP contribution in [0.25, 0.3) is 99.5 Å². The van der Waals surface area contributed by atoms with Crippen LogP contribution >= 0.6 is 0 Å². The van der Waals surface area contributed by atoms with Crippen molar-refractivity contribution in [1.82, 2.24) is 9.13 Å². The lowest BCUT2D eigenvalue weighted by molar-refractivity contribution is 1.02. The summed E-state index contributed by atoms with van der Waals surface area (Å²) in [6.07, 6.45) is 0. The molecule has 13 rings (SSSR count). The summed E-state index contributed by atoms with van der Waals surface area (Å²) in [7, 11) is 0. The highest BCUT2D eigenvalue weighted by atomic mass is 15.0. The molecule has 1 unspecified atom stereocenters. The minimum absolute atomic E-state index is 0.180. The molecule has 0 aliphatic heterocycles. The van der Waals surface area contributed by atoms with Crippen LogP contribution in [-0.2, 0) is 0 Å². The van der Waals surface area contributed by atoms with E-state index in [-0.39, 0.29) is 5.92 Å². The van der Waals surface area contributed by atoms with Gasteiger partial charge in [-0.25, -0.2) is 0 Å². The molecule has 10 aromatic carbocycles. The third kappa shape index (κ3) is 5.51. The topological polar surface area (TPSA) is 9.86 Å². The van der Waals surface area contributed by atoms with Crippen LogP contribution in [0.3, 0.4) is 0 Å². The summed E-state index contributed by atoms with van der Waals surface area (Å²) in [5.74, 6) is 0.180. The molecule has 0 saturated heterocycles. The monoisotopic (exact) mass is 800 g/mol. The molecule has 0 N–H and O–H groups in total. The van der Waals surface area contributed by atoms with Gasteiger partial charge in [0, 0.05) is 44.4 Å². The van der Waals surface area contributed by atoms with Crippen LogP contribution in [-0.4, -0.2) is 9.13 Å². The van der Waals surface area contributed by atoms with Crippen LogP contribution in [0.15, 0.2) is 237 Å². The van der Waals surface area contributed by atoms with Crippen molar-refractivity contribution in [2.75, 3.05) is 0 Å². The lowest BCUT2D eigenvalue weighted by Crippen LogP contribution is -1.99. The van der Waals surface area contributed by atoms with Crippen molar-refractivity contribution >= 4 is 43.6 Å². The fourth-order valence-corrected chi connectivity index (χ4v) is 10.6. The molecule has 294 valence electrons. The van der Waals surface area contributed by atoms with Gasteiger partial charge in [0.05, 0.1) is 22.1 Å². The van der Waals surface area contributed by atoms with Crippen molar-refractivity contribution in [1.29, 1.82) is 0 Å².